The number of nitro benzene ring substituents is 1. The van der Waals surface area contributed by atoms with Gasteiger partial charge in [0.05, 0.1) is 41.1 Å². The zero-order valence-electron chi connectivity index (χ0n) is 26.8. The molecule has 1 saturated heterocycles. The highest BCUT2D eigenvalue weighted by Crippen LogP contribution is 2.66. The monoisotopic (exact) mass is 679 g/mol. The maximum Gasteiger partial charge on any atom is 0.419 e. The lowest BCUT2D eigenvalue weighted by Crippen LogP contribution is -2.67. The molecule has 15 heteroatoms. The Balaban J connectivity index is 1.85. The summed E-state index contributed by atoms with van der Waals surface area (Å²) in [7, 11) is -2.35. The molecule has 2 aromatic carbocycles. The van der Waals surface area contributed by atoms with Gasteiger partial charge in [-0.3, -0.25) is 24.5 Å². The van der Waals surface area contributed by atoms with Crippen LogP contribution in [0.4, 0.5) is 16.2 Å². The molecule has 0 radical (unpaired) electrons. The van der Waals surface area contributed by atoms with Crippen molar-refractivity contribution in [2.45, 2.75) is 43.1 Å². The lowest BCUT2D eigenvalue weighted by Gasteiger charge is -2.53. The number of carbonyl (C=O) groups is 4. The fourth-order valence-electron chi connectivity index (χ4n) is 7.06. The Morgan fingerprint density at radius 1 is 1.04 bits per heavy atom. The molecular formula is C33H33N3O11S. The number of ketones is 1. The molecule has 252 valence electrons. The Hall–Kier alpha value is -5.11. The van der Waals surface area contributed by atoms with Crippen molar-refractivity contribution in [2.24, 2.45) is 11.3 Å². The number of para-hydroxylation sites is 1. The second-order valence-corrected chi connectivity index (χ2v) is 14.4. The Morgan fingerprint density at radius 3 is 2.19 bits per heavy atom. The molecule has 48 heavy (non-hydrogen) atoms. The summed E-state index contributed by atoms with van der Waals surface area (Å²) in [5.74, 6) is -4.88. The number of rotatable bonds is 5. The first-order chi connectivity index (χ1) is 22.5. The minimum atomic E-state index is -4.43. The number of anilines is 1. The van der Waals surface area contributed by atoms with Gasteiger partial charge in [0.15, 0.2) is 11.2 Å². The number of fused-ring (bicyclic) bond motifs is 2. The SMILES string of the molecule is C=C=C1CN(S(=O)(=O)c2ccc([N+](=O)[O-])cc2)CC[C@@]23C(=CC(=O)[C@@H]1C2(C(=O)OC)C(=O)OC)N(C(=O)OC(C)(C)C)c1ccccc13. The number of carbonyl (C=O) groups excluding carboxylic acids is 4. The van der Waals surface area contributed by atoms with Gasteiger partial charge in [-0.25, -0.2) is 18.1 Å². The number of allylic oxidation sites excluding steroid dienone is 2. The van der Waals surface area contributed by atoms with Gasteiger partial charge in [0.1, 0.15) is 5.60 Å². The second-order valence-electron chi connectivity index (χ2n) is 12.4. The van der Waals surface area contributed by atoms with Gasteiger partial charge >= 0.3 is 18.0 Å². The van der Waals surface area contributed by atoms with Crippen LogP contribution < -0.4 is 4.90 Å². The number of nitrogens with zero attached hydrogens (tertiary/aromatic N) is 3. The Bertz CT molecular complexity index is 1920. The summed E-state index contributed by atoms with van der Waals surface area (Å²) in [6.45, 7) is 7.70. The van der Waals surface area contributed by atoms with E-state index in [0.717, 1.165) is 53.8 Å². The third-order valence-corrected chi connectivity index (χ3v) is 10.7. The van der Waals surface area contributed by atoms with E-state index in [0.29, 0.717) is 0 Å². The van der Waals surface area contributed by atoms with Crippen molar-refractivity contribution in [3.8, 4) is 0 Å². The molecule has 0 saturated carbocycles. The quantitative estimate of drug-likeness (QED) is 0.112. The van der Waals surface area contributed by atoms with Gasteiger partial charge < -0.3 is 14.2 Å². The summed E-state index contributed by atoms with van der Waals surface area (Å²) >= 11 is 0. The molecule has 2 heterocycles. The number of ether oxygens (including phenoxy) is 3. The fourth-order valence-corrected chi connectivity index (χ4v) is 8.48. The van der Waals surface area contributed by atoms with E-state index in [9.17, 15) is 37.7 Å². The predicted molar refractivity (Wildman–Crippen MR) is 169 cm³/mol. The first kappa shape index (κ1) is 34.2. The van der Waals surface area contributed by atoms with E-state index in [-0.39, 0.29) is 46.1 Å². The van der Waals surface area contributed by atoms with Gasteiger partial charge in [-0.1, -0.05) is 24.8 Å². The van der Waals surface area contributed by atoms with E-state index in [1.165, 1.54) is 0 Å². The smallest absolute Gasteiger partial charge is 0.419 e. The van der Waals surface area contributed by atoms with E-state index in [1.54, 1.807) is 45.0 Å². The summed E-state index contributed by atoms with van der Waals surface area (Å²) in [6.07, 6.45) is -0.0825. The largest absolute Gasteiger partial charge is 0.468 e. The van der Waals surface area contributed by atoms with E-state index < -0.39 is 67.7 Å². The van der Waals surface area contributed by atoms with Crippen LogP contribution in [0.1, 0.15) is 32.8 Å². The van der Waals surface area contributed by atoms with Crippen molar-refractivity contribution in [2.75, 3.05) is 32.2 Å². The van der Waals surface area contributed by atoms with Crippen LogP contribution in [0.2, 0.25) is 0 Å². The van der Waals surface area contributed by atoms with Crippen molar-refractivity contribution in [3.05, 3.63) is 93.9 Å². The van der Waals surface area contributed by atoms with Crippen LogP contribution in [0.5, 0.6) is 0 Å². The van der Waals surface area contributed by atoms with Crippen molar-refractivity contribution < 1.29 is 46.7 Å². The molecule has 0 unspecified atom stereocenters. The van der Waals surface area contributed by atoms with E-state index in [1.807, 2.05) is 0 Å². The van der Waals surface area contributed by atoms with Gasteiger partial charge in [-0.05, 0) is 56.5 Å². The predicted octanol–water partition coefficient (Wildman–Crippen LogP) is 3.81. The summed E-state index contributed by atoms with van der Waals surface area (Å²) < 4.78 is 45.5. The number of nitro groups is 1. The highest BCUT2D eigenvalue weighted by atomic mass is 32.2. The van der Waals surface area contributed by atoms with E-state index in [2.05, 4.69) is 12.3 Å². The number of hydrogen-bond donors (Lipinski definition) is 0. The van der Waals surface area contributed by atoms with Gasteiger partial charge in [-0.2, -0.15) is 4.31 Å². The summed E-state index contributed by atoms with van der Waals surface area (Å²) in [4.78, 5) is 68.4. The van der Waals surface area contributed by atoms with Gasteiger partial charge in [-0.15, -0.1) is 5.73 Å². The molecule has 2 bridgehead atoms. The van der Waals surface area contributed by atoms with Crippen LogP contribution in [-0.4, -0.2) is 74.4 Å². The molecule has 1 aliphatic carbocycles. The molecule has 5 rings (SSSR count). The Kier molecular flexibility index (Phi) is 8.45. The zero-order valence-corrected chi connectivity index (χ0v) is 27.7. The Labute approximate surface area is 276 Å². The van der Waals surface area contributed by atoms with E-state index >= 15 is 0 Å². The number of amides is 1. The maximum atomic E-state index is 14.4. The van der Waals surface area contributed by atoms with Crippen molar-refractivity contribution in [1.82, 2.24) is 4.31 Å². The van der Waals surface area contributed by atoms with Gasteiger partial charge in [0.25, 0.3) is 5.69 Å². The molecule has 0 N–H and O–H groups in total. The van der Waals surface area contributed by atoms with Crippen LogP contribution in [0.25, 0.3) is 0 Å². The highest BCUT2D eigenvalue weighted by molar-refractivity contribution is 7.89. The average molecular weight is 680 g/mol. The van der Waals surface area contributed by atoms with Crippen molar-refractivity contribution in [1.29, 1.82) is 0 Å². The first-order valence-electron chi connectivity index (χ1n) is 14.7. The minimum absolute atomic E-state index is 0.104. The molecule has 14 nitrogen and oxygen atoms in total. The zero-order chi connectivity index (χ0) is 35.4. The van der Waals surface area contributed by atoms with Crippen LogP contribution in [0, 0.1) is 21.4 Å². The molecule has 3 aliphatic rings. The molecule has 2 atom stereocenters. The molecule has 2 aliphatic heterocycles. The van der Waals surface area contributed by atoms with Gasteiger partial charge in [0, 0.05) is 37.0 Å². The summed E-state index contributed by atoms with van der Waals surface area (Å²) in [6, 6.07) is 10.6. The molecule has 0 aromatic heterocycles. The van der Waals surface area contributed by atoms with Crippen molar-refractivity contribution >= 4 is 45.2 Å². The average Bonchev–Trinajstić information content (AvgIpc) is 3.32. The normalized spacial score (nSPS) is 21.8. The number of benzene rings is 2. The standard InChI is InChI=1S/C33H33N3O11S/c1-7-20-19-34(48(43,44)22-14-12-21(13-15-22)36(41)42)17-16-32-23-10-8-9-11-24(23)35(30(40)47-31(2,3)4)26(32)18-25(37)27(20)33(32,28(38)45-5)29(39)46-6/h8-15,18,27H,1,16-17,19H2,2-6H3/t27-,32-/m1/s1. The number of methoxy groups -OCH3 is 2. The molecular weight excluding hydrogens is 646 g/mol. The lowest BCUT2D eigenvalue weighted by atomic mass is 9.47. The maximum absolute atomic E-state index is 14.4. The highest BCUT2D eigenvalue weighted by Gasteiger charge is 2.77. The second kappa shape index (κ2) is 11.8. The third kappa shape index (κ3) is 4.84. The van der Waals surface area contributed by atoms with Crippen LogP contribution >= 0.6 is 0 Å². The van der Waals surface area contributed by atoms with Crippen LogP contribution in [0.15, 0.2) is 83.1 Å². The lowest BCUT2D eigenvalue weighted by molar-refractivity contribution is -0.384. The number of hydrogen-bond acceptors (Lipinski definition) is 11. The fraction of sp³-hybridized carbons (Fsp3) is 0.364. The Morgan fingerprint density at radius 2 is 1.65 bits per heavy atom. The molecule has 1 spiro atoms. The number of sulfonamides is 1. The molecule has 1 amide bonds. The van der Waals surface area contributed by atoms with Crippen molar-refractivity contribution in [3.63, 3.8) is 0 Å². The third-order valence-electron chi connectivity index (χ3n) is 8.89. The van der Waals surface area contributed by atoms with Crippen LogP contribution in [-0.2, 0) is 44.0 Å². The topological polar surface area (TPSA) is 180 Å². The number of non-ortho nitro benzene ring substituents is 1. The molecule has 1 fully saturated rings. The van der Waals surface area contributed by atoms with Crippen LogP contribution in [0.3, 0.4) is 0 Å². The molecule has 2 aromatic rings. The summed E-state index contributed by atoms with van der Waals surface area (Å²) in [5.41, 5.74) is -2.97. The first-order valence-corrected chi connectivity index (χ1v) is 16.2. The summed E-state index contributed by atoms with van der Waals surface area (Å²) in [5, 5.41) is 11.2. The number of esters is 2. The van der Waals surface area contributed by atoms with Gasteiger partial charge in [0.2, 0.25) is 10.0 Å². The van der Waals surface area contributed by atoms with E-state index in [4.69, 9.17) is 14.2 Å². The minimum Gasteiger partial charge on any atom is -0.468 e.